The van der Waals surface area contributed by atoms with E-state index in [1.165, 1.54) is 11.8 Å². The van der Waals surface area contributed by atoms with Crippen LogP contribution >= 0.6 is 11.8 Å². The fraction of sp³-hybridized carbons (Fsp3) is 0.200. The molecule has 31 heavy (non-hydrogen) atoms. The van der Waals surface area contributed by atoms with Crippen molar-refractivity contribution in [1.82, 2.24) is 0 Å². The fourth-order valence-electron chi connectivity index (χ4n) is 2.86. The number of amides is 2. The number of hydrogen-bond donors (Lipinski definition) is 2. The van der Waals surface area contributed by atoms with Gasteiger partial charge in [0.1, 0.15) is 5.75 Å². The molecule has 3 rings (SSSR count). The maximum absolute atomic E-state index is 12.6. The number of carbonyl (C=O) groups excluding carboxylic acids is 2. The molecule has 3 aromatic carbocycles. The average Bonchev–Trinajstić information content (AvgIpc) is 2.77. The Morgan fingerprint density at radius 2 is 1.61 bits per heavy atom. The SMILES string of the molecule is Cc1cccc(NC(=O)C(C)Sc2ccc(NC(=O)COc3ccccc3)cc2)c1C. The molecule has 0 fully saturated rings. The number of carbonyl (C=O) groups is 2. The van der Waals surface area contributed by atoms with Crippen molar-refractivity contribution in [3.8, 4) is 5.75 Å². The van der Waals surface area contributed by atoms with Crippen molar-refractivity contribution in [2.75, 3.05) is 17.2 Å². The van der Waals surface area contributed by atoms with E-state index in [0.29, 0.717) is 11.4 Å². The first-order valence-electron chi connectivity index (χ1n) is 10.0. The van der Waals surface area contributed by atoms with E-state index in [4.69, 9.17) is 4.74 Å². The summed E-state index contributed by atoms with van der Waals surface area (Å²) in [6.07, 6.45) is 0. The maximum atomic E-state index is 12.6. The van der Waals surface area contributed by atoms with Gasteiger partial charge in [-0.25, -0.2) is 0 Å². The Hall–Kier alpha value is -3.25. The number of hydrogen-bond acceptors (Lipinski definition) is 4. The molecule has 0 aromatic heterocycles. The van der Waals surface area contributed by atoms with E-state index in [1.807, 2.05) is 81.4 Å². The summed E-state index contributed by atoms with van der Waals surface area (Å²) in [7, 11) is 0. The lowest BCUT2D eigenvalue weighted by molar-refractivity contribution is -0.118. The molecule has 0 heterocycles. The summed E-state index contributed by atoms with van der Waals surface area (Å²) in [6.45, 7) is 5.84. The van der Waals surface area contributed by atoms with Crippen LogP contribution in [-0.4, -0.2) is 23.7 Å². The highest BCUT2D eigenvalue weighted by Gasteiger charge is 2.16. The third-order valence-corrected chi connectivity index (χ3v) is 5.91. The lowest BCUT2D eigenvalue weighted by Gasteiger charge is -2.15. The minimum Gasteiger partial charge on any atom is -0.484 e. The molecule has 0 aliphatic rings. The topological polar surface area (TPSA) is 67.4 Å². The van der Waals surface area contributed by atoms with Gasteiger partial charge in [0.05, 0.1) is 5.25 Å². The highest BCUT2D eigenvalue weighted by molar-refractivity contribution is 8.00. The molecule has 6 heteroatoms. The van der Waals surface area contributed by atoms with Gasteiger partial charge < -0.3 is 15.4 Å². The summed E-state index contributed by atoms with van der Waals surface area (Å²) >= 11 is 1.47. The van der Waals surface area contributed by atoms with E-state index in [2.05, 4.69) is 10.6 Å². The van der Waals surface area contributed by atoms with Crippen LogP contribution < -0.4 is 15.4 Å². The Labute approximate surface area is 187 Å². The van der Waals surface area contributed by atoms with Gasteiger partial charge in [0.2, 0.25) is 5.91 Å². The van der Waals surface area contributed by atoms with Crippen LogP contribution in [0.25, 0.3) is 0 Å². The molecule has 0 aliphatic heterocycles. The third kappa shape index (κ3) is 6.62. The van der Waals surface area contributed by atoms with Gasteiger partial charge in [-0.15, -0.1) is 11.8 Å². The third-order valence-electron chi connectivity index (χ3n) is 4.80. The van der Waals surface area contributed by atoms with E-state index in [1.54, 1.807) is 12.1 Å². The summed E-state index contributed by atoms with van der Waals surface area (Å²) in [5.41, 5.74) is 3.74. The number of nitrogens with one attached hydrogen (secondary N) is 2. The summed E-state index contributed by atoms with van der Waals surface area (Å²) in [4.78, 5) is 25.6. The van der Waals surface area contributed by atoms with Gasteiger partial charge in [0.15, 0.2) is 6.61 Å². The van der Waals surface area contributed by atoms with Crippen LogP contribution in [0.15, 0.2) is 77.7 Å². The molecule has 0 aliphatic carbocycles. The molecule has 0 saturated heterocycles. The first-order valence-corrected chi connectivity index (χ1v) is 10.9. The second kappa shape index (κ2) is 10.7. The molecule has 2 amide bonds. The van der Waals surface area contributed by atoms with Gasteiger partial charge in [-0.05, 0) is 74.4 Å². The summed E-state index contributed by atoms with van der Waals surface area (Å²) in [6, 6.07) is 22.5. The maximum Gasteiger partial charge on any atom is 0.262 e. The predicted octanol–water partition coefficient (Wildman–Crippen LogP) is 5.44. The van der Waals surface area contributed by atoms with Crippen molar-refractivity contribution < 1.29 is 14.3 Å². The van der Waals surface area contributed by atoms with Crippen molar-refractivity contribution in [2.24, 2.45) is 0 Å². The monoisotopic (exact) mass is 434 g/mol. The van der Waals surface area contributed by atoms with Gasteiger partial charge in [0, 0.05) is 16.3 Å². The smallest absolute Gasteiger partial charge is 0.262 e. The second-order valence-electron chi connectivity index (χ2n) is 7.17. The Morgan fingerprint density at radius 1 is 0.903 bits per heavy atom. The number of para-hydroxylation sites is 1. The second-order valence-corrected chi connectivity index (χ2v) is 8.59. The van der Waals surface area contributed by atoms with Crippen molar-refractivity contribution in [3.05, 3.63) is 83.9 Å². The zero-order valence-corrected chi connectivity index (χ0v) is 18.7. The number of anilines is 2. The normalized spacial score (nSPS) is 11.5. The van der Waals surface area contributed by atoms with Crippen LogP contribution in [0.2, 0.25) is 0 Å². The number of rotatable bonds is 8. The van der Waals surface area contributed by atoms with Crippen molar-refractivity contribution >= 4 is 35.0 Å². The molecule has 0 saturated carbocycles. The van der Waals surface area contributed by atoms with Crippen LogP contribution in [0, 0.1) is 13.8 Å². The van der Waals surface area contributed by atoms with Gasteiger partial charge >= 0.3 is 0 Å². The number of aryl methyl sites for hydroxylation is 1. The van der Waals surface area contributed by atoms with E-state index < -0.39 is 0 Å². The molecular formula is C25H26N2O3S. The van der Waals surface area contributed by atoms with Gasteiger partial charge in [-0.3, -0.25) is 9.59 Å². The van der Waals surface area contributed by atoms with Crippen LogP contribution in [0.1, 0.15) is 18.1 Å². The van der Waals surface area contributed by atoms with Gasteiger partial charge in [-0.1, -0.05) is 30.3 Å². The van der Waals surface area contributed by atoms with Crippen molar-refractivity contribution in [2.45, 2.75) is 30.9 Å². The first-order chi connectivity index (χ1) is 14.9. The van der Waals surface area contributed by atoms with E-state index in [-0.39, 0.29) is 23.7 Å². The van der Waals surface area contributed by atoms with Crippen LogP contribution in [0.4, 0.5) is 11.4 Å². The summed E-state index contributed by atoms with van der Waals surface area (Å²) < 4.78 is 5.45. The van der Waals surface area contributed by atoms with E-state index in [0.717, 1.165) is 21.7 Å². The van der Waals surface area contributed by atoms with E-state index in [9.17, 15) is 9.59 Å². The summed E-state index contributed by atoms with van der Waals surface area (Å²) in [5.74, 6) is 0.372. The zero-order valence-electron chi connectivity index (χ0n) is 17.8. The predicted molar refractivity (Wildman–Crippen MR) is 127 cm³/mol. The molecule has 5 nitrogen and oxygen atoms in total. The minimum atomic E-state index is -0.264. The molecule has 160 valence electrons. The molecule has 0 bridgehead atoms. The lowest BCUT2D eigenvalue weighted by atomic mass is 10.1. The molecule has 2 N–H and O–H groups in total. The highest BCUT2D eigenvalue weighted by Crippen LogP contribution is 2.26. The lowest BCUT2D eigenvalue weighted by Crippen LogP contribution is -2.23. The fourth-order valence-corrected chi connectivity index (χ4v) is 3.73. The summed E-state index contributed by atoms with van der Waals surface area (Å²) in [5, 5.41) is 5.55. The Kier molecular flexibility index (Phi) is 7.73. The average molecular weight is 435 g/mol. The van der Waals surface area contributed by atoms with Crippen molar-refractivity contribution in [1.29, 1.82) is 0 Å². The molecule has 1 atom stereocenters. The standard InChI is InChI=1S/C25H26N2O3S/c1-17-8-7-11-23(18(17)2)27-25(29)19(3)31-22-14-12-20(13-15-22)26-24(28)16-30-21-9-5-4-6-10-21/h4-15,19H,16H2,1-3H3,(H,26,28)(H,27,29). The Balaban J connectivity index is 1.49. The molecule has 0 spiro atoms. The molecule has 0 radical (unpaired) electrons. The Bertz CT molecular complexity index is 1040. The quantitative estimate of drug-likeness (QED) is 0.463. The van der Waals surface area contributed by atoms with Crippen LogP contribution in [0.3, 0.4) is 0 Å². The van der Waals surface area contributed by atoms with E-state index >= 15 is 0 Å². The first kappa shape index (κ1) is 22.4. The van der Waals surface area contributed by atoms with Crippen molar-refractivity contribution in [3.63, 3.8) is 0 Å². The van der Waals surface area contributed by atoms with Gasteiger partial charge in [0.25, 0.3) is 5.91 Å². The molecule has 3 aromatic rings. The molecular weight excluding hydrogens is 408 g/mol. The number of ether oxygens (including phenoxy) is 1. The number of thioether (sulfide) groups is 1. The number of benzene rings is 3. The largest absolute Gasteiger partial charge is 0.484 e. The van der Waals surface area contributed by atoms with Gasteiger partial charge in [-0.2, -0.15) is 0 Å². The minimum absolute atomic E-state index is 0.0471. The Morgan fingerprint density at radius 3 is 2.32 bits per heavy atom. The van der Waals surface area contributed by atoms with Crippen LogP contribution in [-0.2, 0) is 9.59 Å². The highest BCUT2D eigenvalue weighted by atomic mass is 32.2. The molecule has 1 unspecified atom stereocenters. The van der Waals surface area contributed by atoms with Crippen LogP contribution in [0.5, 0.6) is 5.75 Å². The zero-order chi connectivity index (χ0) is 22.2.